The number of thiazole rings is 1. The predicted octanol–water partition coefficient (Wildman–Crippen LogP) is 4.11. The predicted molar refractivity (Wildman–Crippen MR) is 118 cm³/mol. The second kappa shape index (κ2) is 7.78. The highest BCUT2D eigenvalue weighted by molar-refractivity contribution is 7.29. The molecule has 10 heteroatoms. The molecule has 1 fully saturated rings. The summed E-state index contributed by atoms with van der Waals surface area (Å²) >= 11 is 3.03. The van der Waals surface area contributed by atoms with Gasteiger partial charge in [-0.3, -0.25) is 4.79 Å². The first kappa shape index (κ1) is 19.2. The topological polar surface area (TPSA) is 93.4 Å². The van der Waals surface area contributed by atoms with Gasteiger partial charge in [0.2, 0.25) is 11.8 Å². The van der Waals surface area contributed by atoms with Gasteiger partial charge in [0.1, 0.15) is 4.83 Å². The van der Waals surface area contributed by atoms with Gasteiger partial charge in [0, 0.05) is 31.3 Å². The zero-order chi connectivity index (χ0) is 20.7. The van der Waals surface area contributed by atoms with Gasteiger partial charge in [0.15, 0.2) is 5.13 Å². The molecule has 3 aromatic heterocycles. The fraction of sp³-hybridized carbons (Fsp3) is 0.300. The molecule has 1 aliphatic rings. The summed E-state index contributed by atoms with van der Waals surface area (Å²) in [6.07, 6.45) is 0. The number of aromatic nitrogens is 3. The van der Waals surface area contributed by atoms with Crippen LogP contribution >= 0.6 is 22.7 Å². The maximum absolute atomic E-state index is 12.8. The van der Waals surface area contributed by atoms with Crippen molar-refractivity contribution < 1.29 is 13.9 Å². The van der Waals surface area contributed by atoms with E-state index in [4.69, 9.17) is 14.1 Å². The number of thiophene rings is 1. The number of ether oxygens (including phenoxy) is 1. The lowest BCUT2D eigenvalue weighted by atomic mass is 10.1. The van der Waals surface area contributed by atoms with Crippen molar-refractivity contribution in [2.24, 2.45) is 0 Å². The Kier molecular flexibility index (Phi) is 4.97. The number of hydrogen-bond donors (Lipinski definition) is 1. The Bertz CT molecular complexity index is 1190. The van der Waals surface area contributed by atoms with Crippen LogP contribution in [-0.4, -0.2) is 47.4 Å². The lowest BCUT2D eigenvalue weighted by Gasteiger charge is -2.25. The highest BCUT2D eigenvalue weighted by atomic mass is 32.1. The summed E-state index contributed by atoms with van der Waals surface area (Å²) in [5.74, 6) is 0.847. The molecule has 1 aliphatic heterocycles. The Balaban J connectivity index is 1.32. The average molecular weight is 442 g/mol. The molecule has 0 spiro atoms. The van der Waals surface area contributed by atoms with E-state index in [1.807, 2.05) is 31.2 Å². The van der Waals surface area contributed by atoms with E-state index in [0.717, 1.165) is 57.8 Å². The van der Waals surface area contributed by atoms with Crippen molar-refractivity contribution in [2.75, 3.05) is 36.5 Å². The molecule has 8 nitrogen and oxygen atoms in total. The van der Waals surface area contributed by atoms with Gasteiger partial charge in [0.25, 0.3) is 5.91 Å². The highest BCUT2D eigenvalue weighted by Gasteiger charge is 2.19. The molecule has 1 saturated heterocycles. The van der Waals surface area contributed by atoms with Crippen LogP contribution < -0.4 is 10.2 Å². The minimum Gasteiger partial charge on any atom is -0.421 e. The van der Waals surface area contributed by atoms with E-state index in [9.17, 15) is 4.79 Å². The zero-order valence-electron chi connectivity index (χ0n) is 16.5. The monoisotopic (exact) mass is 441 g/mol. The molecule has 1 aromatic carbocycles. The molecule has 154 valence electrons. The standard InChI is InChI=1S/C20H19N5O3S2/c1-11-9-13(18-24-23-12(2)28-18)3-4-14(11)21-17(26)15-10-16-19(29-15)22-20(30-16)25-5-7-27-8-6-25/h3-4,9-10H,5-8H2,1-2H3,(H,21,26). The summed E-state index contributed by atoms with van der Waals surface area (Å²) in [7, 11) is 0. The van der Waals surface area contributed by atoms with Gasteiger partial charge < -0.3 is 19.4 Å². The highest BCUT2D eigenvalue weighted by Crippen LogP contribution is 2.35. The number of hydrogen-bond acceptors (Lipinski definition) is 9. The van der Waals surface area contributed by atoms with E-state index in [0.29, 0.717) is 16.7 Å². The summed E-state index contributed by atoms with van der Waals surface area (Å²) in [4.78, 5) is 21.3. The Morgan fingerprint density at radius 3 is 2.67 bits per heavy atom. The van der Waals surface area contributed by atoms with Crippen molar-refractivity contribution >= 4 is 48.9 Å². The summed E-state index contributed by atoms with van der Waals surface area (Å²) < 4.78 is 11.9. The summed E-state index contributed by atoms with van der Waals surface area (Å²) in [6, 6.07) is 7.55. The lowest BCUT2D eigenvalue weighted by molar-refractivity contribution is 0.103. The number of nitrogens with one attached hydrogen (secondary N) is 1. The quantitative estimate of drug-likeness (QED) is 0.509. The summed E-state index contributed by atoms with van der Waals surface area (Å²) in [5.41, 5.74) is 2.49. The van der Waals surface area contributed by atoms with E-state index in [-0.39, 0.29) is 5.91 Å². The van der Waals surface area contributed by atoms with Gasteiger partial charge in [-0.1, -0.05) is 11.3 Å². The maximum atomic E-state index is 12.8. The number of nitrogens with zero attached hydrogens (tertiary/aromatic N) is 4. The van der Waals surface area contributed by atoms with Gasteiger partial charge >= 0.3 is 0 Å². The van der Waals surface area contributed by atoms with Crippen LogP contribution in [0.2, 0.25) is 0 Å². The average Bonchev–Trinajstić information content (AvgIpc) is 3.45. The fourth-order valence-corrected chi connectivity index (χ4v) is 5.42. The van der Waals surface area contributed by atoms with Crippen molar-refractivity contribution in [3.63, 3.8) is 0 Å². The maximum Gasteiger partial charge on any atom is 0.265 e. The third-order valence-corrected chi connectivity index (χ3v) is 7.05. The molecule has 4 heterocycles. The van der Waals surface area contributed by atoms with Crippen molar-refractivity contribution in [1.29, 1.82) is 0 Å². The molecule has 0 aliphatic carbocycles. The third kappa shape index (κ3) is 3.69. The molecular weight excluding hydrogens is 422 g/mol. The van der Waals surface area contributed by atoms with Gasteiger partial charge in [0.05, 0.1) is 22.8 Å². The SMILES string of the molecule is Cc1nnc(-c2ccc(NC(=O)c3cc4sc(N5CCOCC5)nc4s3)c(C)c2)o1. The molecule has 1 amide bonds. The molecule has 0 bridgehead atoms. The van der Waals surface area contributed by atoms with Crippen molar-refractivity contribution in [2.45, 2.75) is 13.8 Å². The Labute approximate surface area is 180 Å². The Morgan fingerprint density at radius 1 is 1.13 bits per heavy atom. The lowest BCUT2D eigenvalue weighted by Crippen LogP contribution is -2.36. The van der Waals surface area contributed by atoms with E-state index in [1.54, 1.807) is 18.3 Å². The molecule has 1 N–H and O–H groups in total. The number of aryl methyl sites for hydroxylation is 2. The summed E-state index contributed by atoms with van der Waals surface area (Å²) in [6.45, 7) is 6.85. The Hall–Kier alpha value is -2.82. The van der Waals surface area contributed by atoms with Crippen LogP contribution in [0, 0.1) is 13.8 Å². The van der Waals surface area contributed by atoms with Crippen LogP contribution in [0.3, 0.4) is 0 Å². The van der Waals surface area contributed by atoms with Gasteiger partial charge in [-0.15, -0.1) is 21.5 Å². The van der Waals surface area contributed by atoms with Gasteiger partial charge in [-0.2, -0.15) is 0 Å². The molecule has 0 saturated carbocycles. The first-order valence-corrected chi connectivity index (χ1v) is 11.2. The number of amides is 1. The van der Waals surface area contributed by atoms with Crippen LogP contribution in [0.5, 0.6) is 0 Å². The van der Waals surface area contributed by atoms with Crippen LogP contribution in [0.1, 0.15) is 21.1 Å². The minimum absolute atomic E-state index is 0.136. The first-order chi connectivity index (χ1) is 14.6. The van der Waals surface area contributed by atoms with Gasteiger partial charge in [-0.25, -0.2) is 4.98 Å². The van der Waals surface area contributed by atoms with E-state index < -0.39 is 0 Å². The Morgan fingerprint density at radius 2 is 1.97 bits per heavy atom. The second-order valence-electron chi connectivity index (χ2n) is 6.99. The molecule has 4 aromatic rings. The first-order valence-electron chi connectivity index (χ1n) is 9.52. The fourth-order valence-electron chi connectivity index (χ4n) is 3.26. The molecule has 0 radical (unpaired) electrons. The van der Waals surface area contributed by atoms with Crippen molar-refractivity contribution in [3.05, 3.63) is 40.6 Å². The number of anilines is 2. The largest absolute Gasteiger partial charge is 0.421 e. The zero-order valence-corrected chi connectivity index (χ0v) is 18.1. The van der Waals surface area contributed by atoms with E-state index >= 15 is 0 Å². The number of morpholine rings is 1. The number of carbonyl (C=O) groups is 1. The van der Waals surface area contributed by atoms with Crippen LogP contribution in [0.25, 0.3) is 21.0 Å². The molecule has 0 atom stereocenters. The third-order valence-electron chi connectivity index (χ3n) is 4.83. The normalized spacial score (nSPS) is 14.4. The van der Waals surface area contributed by atoms with Gasteiger partial charge in [-0.05, 0) is 36.8 Å². The summed E-state index contributed by atoms with van der Waals surface area (Å²) in [5, 5.41) is 11.9. The number of benzene rings is 1. The van der Waals surface area contributed by atoms with Crippen molar-refractivity contribution in [1.82, 2.24) is 15.2 Å². The number of carbonyl (C=O) groups excluding carboxylic acids is 1. The molecule has 0 unspecified atom stereocenters. The van der Waals surface area contributed by atoms with Crippen LogP contribution in [-0.2, 0) is 4.74 Å². The van der Waals surface area contributed by atoms with Crippen LogP contribution in [0.4, 0.5) is 10.8 Å². The second-order valence-corrected chi connectivity index (χ2v) is 9.03. The minimum atomic E-state index is -0.136. The van der Waals surface area contributed by atoms with Crippen molar-refractivity contribution in [3.8, 4) is 11.5 Å². The molecule has 30 heavy (non-hydrogen) atoms. The molecule has 5 rings (SSSR count). The number of rotatable bonds is 4. The van der Waals surface area contributed by atoms with E-state index in [2.05, 4.69) is 20.4 Å². The van der Waals surface area contributed by atoms with E-state index in [1.165, 1.54) is 11.3 Å². The van der Waals surface area contributed by atoms with Crippen LogP contribution in [0.15, 0.2) is 28.7 Å². The smallest absolute Gasteiger partial charge is 0.265 e. The molecular formula is C20H19N5O3S2. The number of fused-ring (bicyclic) bond motifs is 1.